The quantitative estimate of drug-likeness (QED) is 0.736. The standard InChI is InChI=1S/C21H22ClN5/c22-17-6-2-4-8-19(17)26-11-13-27(14-12-26)21-24-18-7-3-1-5-16(18)20(25-21)23-15-9-10-15/h1-8,15H,9-14H2,(H,23,24,25). The number of para-hydroxylation sites is 2. The van der Waals surface area contributed by atoms with Gasteiger partial charge in [-0.05, 0) is 37.1 Å². The first-order valence-electron chi connectivity index (χ1n) is 9.56. The second kappa shape index (κ2) is 6.89. The molecule has 2 aliphatic rings. The van der Waals surface area contributed by atoms with Crippen LogP contribution in [0.15, 0.2) is 48.5 Å². The highest BCUT2D eigenvalue weighted by atomic mass is 35.5. The van der Waals surface area contributed by atoms with Crippen LogP contribution in [0.5, 0.6) is 0 Å². The smallest absolute Gasteiger partial charge is 0.228 e. The van der Waals surface area contributed by atoms with Crippen LogP contribution in [0.4, 0.5) is 17.5 Å². The summed E-state index contributed by atoms with van der Waals surface area (Å²) in [4.78, 5) is 14.3. The lowest BCUT2D eigenvalue weighted by Crippen LogP contribution is -2.47. The summed E-state index contributed by atoms with van der Waals surface area (Å²) < 4.78 is 0. The van der Waals surface area contributed by atoms with E-state index in [1.165, 1.54) is 12.8 Å². The fourth-order valence-electron chi connectivity index (χ4n) is 3.59. The van der Waals surface area contributed by atoms with E-state index >= 15 is 0 Å². The molecule has 0 radical (unpaired) electrons. The largest absolute Gasteiger partial charge is 0.367 e. The molecule has 2 aromatic carbocycles. The molecule has 2 heterocycles. The molecule has 1 aliphatic carbocycles. The van der Waals surface area contributed by atoms with Crippen molar-refractivity contribution in [3.05, 3.63) is 53.6 Å². The third-order valence-electron chi connectivity index (χ3n) is 5.27. The number of hydrogen-bond donors (Lipinski definition) is 1. The van der Waals surface area contributed by atoms with Gasteiger partial charge in [0, 0.05) is 37.6 Å². The molecule has 0 spiro atoms. The van der Waals surface area contributed by atoms with Gasteiger partial charge in [0.1, 0.15) is 5.82 Å². The van der Waals surface area contributed by atoms with Gasteiger partial charge in [-0.15, -0.1) is 0 Å². The Morgan fingerprint density at radius 1 is 0.852 bits per heavy atom. The molecule has 0 amide bonds. The van der Waals surface area contributed by atoms with E-state index < -0.39 is 0 Å². The summed E-state index contributed by atoms with van der Waals surface area (Å²) >= 11 is 6.36. The normalized spacial score (nSPS) is 17.4. The van der Waals surface area contributed by atoms with Gasteiger partial charge >= 0.3 is 0 Å². The number of aromatic nitrogens is 2. The maximum Gasteiger partial charge on any atom is 0.228 e. The van der Waals surface area contributed by atoms with Crippen LogP contribution in [0.1, 0.15) is 12.8 Å². The Balaban J connectivity index is 1.39. The van der Waals surface area contributed by atoms with Crippen molar-refractivity contribution in [2.24, 2.45) is 0 Å². The first-order chi connectivity index (χ1) is 13.3. The van der Waals surface area contributed by atoms with Gasteiger partial charge in [-0.2, -0.15) is 4.98 Å². The average molecular weight is 380 g/mol. The molecule has 27 heavy (non-hydrogen) atoms. The molecule has 0 bridgehead atoms. The van der Waals surface area contributed by atoms with Crippen LogP contribution in [-0.4, -0.2) is 42.2 Å². The third-order valence-corrected chi connectivity index (χ3v) is 5.58. The third kappa shape index (κ3) is 3.39. The van der Waals surface area contributed by atoms with E-state index in [0.29, 0.717) is 6.04 Å². The number of fused-ring (bicyclic) bond motifs is 1. The summed E-state index contributed by atoms with van der Waals surface area (Å²) in [5.74, 6) is 1.78. The fraction of sp³-hybridized carbons (Fsp3) is 0.333. The Morgan fingerprint density at radius 3 is 2.33 bits per heavy atom. The average Bonchev–Trinajstić information content (AvgIpc) is 3.52. The topological polar surface area (TPSA) is 44.3 Å². The van der Waals surface area contributed by atoms with E-state index in [0.717, 1.165) is 59.6 Å². The van der Waals surface area contributed by atoms with Crippen molar-refractivity contribution in [3.63, 3.8) is 0 Å². The molecular weight excluding hydrogens is 358 g/mol. The lowest BCUT2D eigenvalue weighted by Gasteiger charge is -2.36. The van der Waals surface area contributed by atoms with E-state index in [2.05, 4.69) is 33.3 Å². The molecule has 5 nitrogen and oxygen atoms in total. The molecule has 1 aliphatic heterocycles. The van der Waals surface area contributed by atoms with Crippen LogP contribution in [0.3, 0.4) is 0 Å². The van der Waals surface area contributed by atoms with Gasteiger partial charge in [-0.3, -0.25) is 0 Å². The number of anilines is 3. The van der Waals surface area contributed by atoms with Crippen LogP contribution in [-0.2, 0) is 0 Å². The molecule has 3 aromatic rings. The zero-order valence-corrected chi connectivity index (χ0v) is 15.9. The maximum absolute atomic E-state index is 6.36. The molecule has 138 valence electrons. The number of nitrogens with zero attached hydrogens (tertiary/aromatic N) is 4. The van der Waals surface area contributed by atoms with Gasteiger partial charge in [0.2, 0.25) is 5.95 Å². The minimum Gasteiger partial charge on any atom is -0.367 e. The summed E-state index contributed by atoms with van der Waals surface area (Å²) in [6, 6.07) is 16.9. The summed E-state index contributed by atoms with van der Waals surface area (Å²) in [5, 5.41) is 5.48. The second-order valence-corrected chi connectivity index (χ2v) is 7.64. The fourth-order valence-corrected chi connectivity index (χ4v) is 3.85. The molecule has 6 heteroatoms. The van der Waals surface area contributed by atoms with Crippen molar-refractivity contribution in [1.29, 1.82) is 0 Å². The summed E-state index contributed by atoms with van der Waals surface area (Å²) in [5.41, 5.74) is 2.11. The molecular formula is C21H22ClN5. The number of piperazine rings is 1. The van der Waals surface area contributed by atoms with Crippen molar-refractivity contribution in [3.8, 4) is 0 Å². The van der Waals surface area contributed by atoms with Gasteiger partial charge < -0.3 is 15.1 Å². The van der Waals surface area contributed by atoms with Crippen molar-refractivity contribution >= 4 is 40.0 Å². The predicted octanol–water partition coefficient (Wildman–Crippen LogP) is 4.18. The molecule has 1 saturated carbocycles. The lowest BCUT2D eigenvalue weighted by atomic mass is 10.2. The predicted molar refractivity (Wildman–Crippen MR) is 112 cm³/mol. The van der Waals surface area contributed by atoms with Gasteiger partial charge in [0.05, 0.1) is 16.2 Å². The monoisotopic (exact) mass is 379 g/mol. The van der Waals surface area contributed by atoms with Gasteiger partial charge in [-0.1, -0.05) is 35.9 Å². The van der Waals surface area contributed by atoms with Crippen LogP contribution >= 0.6 is 11.6 Å². The Labute approximate surface area is 164 Å². The molecule has 1 aromatic heterocycles. The van der Waals surface area contributed by atoms with E-state index in [9.17, 15) is 0 Å². The number of nitrogens with one attached hydrogen (secondary N) is 1. The molecule has 1 saturated heterocycles. The minimum absolute atomic E-state index is 0.563. The summed E-state index contributed by atoms with van der Waals surface area (Å²) in [6.07, 6.45) is 2.45. The number of hydrogen-bond acceptors (Lipinski definition) is 5. The van der Waals surface area contributed by atoms with Gasteiger partial charge in [-0.25, -0.2) is 4.98 Å². The van der Waals surface area contributed by atoms with Gasteiger partial charge in [0.15, 0.2) is 0 Å². The van der Waals surface area contributed by atoms with Crippen molar-refractivity contribution in [1.82, 2.24) is 9.97 Å². The molecule has 0 atom stereocenters. The van der Waals surface area contributed by atoms with E-state index in [1.54, 1.807) is 0 Å². The summed E-state index contributed by atoms with van der Waals surface area (Å²) in [6.45, 7) is 3.58. The highest BCUT2D eigenvalue weighted by Gasteiger charge is 2.25. The van der Waals surface area contributed by atoms with E-state index in [-0.39, 0.29) is 0 Å². The maximum atomic E-state index is 6.36. The first-order valence-corrected chi connectivity index (χ1v) is 9.93. The van der Waals surface area contributed by atoms with Crippen LogP contribution in [0.2, 0.25) is 5.02 Å². The van der Waals surface area contributed by atoms with Crippen molar-refractivity contribution in [2.75, 3.05) is 41.3 Å². The number of benzene rings is 2. The van der Waals surface area contributed by atoms with Crippen LogP contribution in [0, 0.1) is 0 Å². The van der Waals surface area contributed by atoms with Crippen LogP contribution in [0.25, 0.3) is 10.9 Å². The molecule has 5 rings (SSSR count). The van der Waals surface area contributed by atoms with Crippen LogP contribution < -0.4 is 15.1 Å². The molecule has 0 unspecified atom stereocenters. The Kier molecular flexibility index (Phi) is 4.24. The number of halogens is 1. The Morgan fingerprint density at radius 2 is 1.56 bits per heavy atom. The van der Waals surface area contributed by atoms with Gasteiger partial charge in [0.25, 0.3) is 0 Å². The SMILES string of the molecule is Clc1ccccc1N1CCN(c2nc(NC3CC3)c3ccccc3n2)CC1. The molecule has 1 N–H and O–H groups in total. The van der Waals surface area contributed by atoms with Crippen molar-refractivity contribution in [2.45, 2.75) is 18.9 Å². The zero-order valence-electron chi connectivity index (χ0n) is 15.1. The lowest BCUT2D eigenvalue weighted by molar-refractivity contribution is 0.641. The van der Waals surface area contributed by atoms with E-state index in [4.69, 9.17) is 21.6 Å². The summed E-state index contributed by atoms with van der Waals surface area (Å²) in [7, 11) is 0. The number of rotatable bonds is 4. The Hall–Kier alpha value is -2.53. The second-order valence-electron chi connectivity index (χ2n) is 7.23. The minimum atomic E-state index is 0.563. The highest BCUT2D eigenvalue weighted by molar-refractivity contribution is 6.33. The highest BCUT2D eigenvalue weighted by Crippen LogP contribution is 2.30. The molecule has 2 fully saturated rings. The van der Waals surface area contributed by atoms with E-state index in [1.807, 2.05) is 30.3 Å². The Bertz CT molecular complexity index is 964. The first kappa shape index (κ1) is 16.6. The van der Waals surface area contributed by atoms with Crippen molar-refractivity contribution < 1.29 is 0 Å². The zero-order chi connectivity index (χ0) is 18.2.